The molecule has 0 amide bonds. The molecule has 3 rings (SSSR count). The SMILES string of the molecule is CCC1CC(CC)n2nc(-c3cccnc3)c(Br)c2N1. The maximum absolute atomic E-state index is 4.81. The van der Waals surface area contributed by atoms with Crippen LogP contribution in [0.5, 0.6) is 0 Å². The first-order valence-electron chi connectivity index (χ1n) is 7.19. The predicted molar refractivity (Wildman–Crippen MR) is 84.8 cm³/mol. The highest BCUT2D eigenvalue weighted by atomic mass is 79.9. The van der Waals surface area contributed by atoms with Crippen molar-refractivity contribution in [3.63, 3.8) is 0 Å². The third-order valence-electron chi connectivity index (χ3n) is 3.99. The van der Waals surface area contributed by atoms with Crippen molar-refractivity contribution in [2.24, 2.45) is 0 Å². The summed E-state index contributed by atoms with van der Waals surface area (Å²) >= 11 is 3.71. The number of anilines is 1. The lowest BCUT2D eigenvalue weighted by molar-refractivity contribution is 0.363. The van der Waals surface area contributed by atoms with Gasteiger partial charge in [0.05, 0.1) is 10.5 Å². The van der Waals surface area contributed by atoms with Crippen LogP contribution in [0.3, 0.4) is 0 Å². The van der Waals surface area contributed by atoms with Gasteiger partial charge in [0.2, 0.25) is 0 Å². The van der Waals surface area contributed by atoms with E-state index in [4.69, 9.17) is 5.10 Å². The Balaban J connectivity index is 2.07. The Morgan fingerprint density at radius 1 is 1.40 bits per heavy atom. The predicted octanol–water partition coefficient (Wildman–Crippen LogP) is 4.25. The molecule has 3 heterocycles. The Kier molecular flexibility index (Phi) is 3.78. The molecular formula is C15H19BrN4. The number of halogens is 1. The van der Waals surface area contributed by atoms with Crippen LogP contribution in [0.2, 0.25) is 0 Å². The van der Waals surface area contributed by atoms with E-state index in [1.54, 1.807) is 6.20 Å². The first-order chi connectivity index (χ1) is 9.74. The van der Waals surface area contributed by atoms with Crippen molar-refractivity contribution < 1.29 is 0 Å². The lowest BCUT2D eigenvalue weighted by Gasteiger charge is -2.31. The average molecular weight is 335 g/mol. The number of hydrogen-bond donors (Lipinski definition) is 1. The molecule has 20 heavy (non-hydrogen) atoms. The van der Waals surface area contributed by atoms with Crippen LogP contribution in [0.1, 0.15) is 39.2 Å². The van der Waals surface area contributed by atoms with Gasteiger partial charge in [0.25, 0.3) is 0 Å². The number of nitrogens with one attached hydrogen (secondary N) is 1. The Morgan fingerprint density at radius 2 is 2.25 bits per heavy atom. The van der Waals surface area contributed by atoms with Crippen molar-refractivity contribution in [1.29, 1.82) is 0 Å². The molecule has 2 aromatic rings. The van der Waals surface area contributed by atoms with Crippen molar-refractivity contribution in [1.82, 2.24) is 14.8 Å². The zero-order chi connectivity index (χ0) is 14.1. The molecule has 4 nitrogen and oxygen atoms in total. The molecule has 0 radical (unpaired) electrons. The van der Waals surface area contributed by atoms with E-state index in [0.717, 1.165) is 40.8 Å². The molecule has 0 saturated heterocycles. The van der Waals surface area contributed by atoms with Gasteiger partial charge in [-0.05, 0) is 47.3 Å². The standard InChI is InChI=1S/C15H19BrN4/c1-3-11-8-12(4-2)20-15(18-11)13(16)14(19-20)10-6-5-7-17-9-10/h5-7,9,11-12,18H,3-4,8H2,1-2H3. The third-order valence-corrected chi connectivity index (χ3v) is 4.75. The van der Waals surface area contributed by atoms with Crippen LogP contribution in [0.15, 0.2) is 29.0 Å². The van der Waals surface area contributed by atoms with Crippen molar-refractivity contribution in [2.45, 2.75) is 45.2 Å². The van der Waals surface area contributed by atoms with Gasteiger partial charge in [-0.25, -0.2) is 4.68 Å². The van der Waals surface area contributed by atoms with Crippen molar-refractivity contribution in [2.75, 3.05) is 5.32 Å². The minimum absolute atomic E-state index is 0.470. The van der Waals surface area contributed by atoms with E-state index >= 15 is 0 Å². The van der Waals surface area contributed by atoms with Gasteiger partial charge in [0, 0.05) is 24.0 Å². The zero-order valence-electron chi connectivity index (χ0n) is 11.8. The van der Waals surface area contributed by atoms with E-state index < -0.39 is 0 Å². The summed E-state index contributed by atoms with van der Waals surface area (Å²) < 4.78 is 3.18. The minimum Gasteiger partial charge on any atom is -0.367 e. The summed E-state index contributed by atoms with van der Waals surface area (Å²) in [5, 5.41) is 8.41. The van der Waals surface area contributed by atoms with Crippen molar-refractivity contribution in [3.8, 4) is 11.3 Å². The first kappa shape index (κ1) is 13.6. The van der Waals surface area contributed by atoms with Gasteiger partial charge in [-0.2, -0.15) is 5.10 Å². The molecule has 106 valence electrons. The van der Waals surface area contributed by atoms with Gasteiger partial charge in [-0.3, -0.25) is 4.98 Å². The summed E-state index contributed by atoms with van der Waals surface area (Å²) in [4.78, 5) is 4.19. The monoisotopic (exact) mass is 334 g/mol. The summed E-state index contributed by atoms with van der Waals surface area (Å²) in [6.45, 7) is 4.46. The van der Waals surface area contributed by atoms with E-state index in [1.165, 1.54) is 0 Å². The molecule has 2 aromatic heterocycles. The van der Waals surface area contributed by atoms with Gasteiger partial charge in [0.1, 0.15) is 11.5 Å². The Hall–Kier alpha value is -1.36. The molecule has 0 saturated carbocycles. The Bertz CT molecular complexity index is 593. The van der Waals surface area contributed by atoms with E-state index in [-0.39, 0.29) is 0 Å². The van der Waals surface area contributed by atoms with Gasteiger partial charge < -0.3 is 5.32 Å². The van der Waals surface area contributed by atoms with E-state index in [0.29, 0.717) is 12.1 Å². The van der Waals surface area contributed by atoms with E-state index in [9.17, 15) is 0 Å². The van der Waals surface area contributed by atoms with Gasteiger partial charge in [-0.1, -0.05) is 13.8 Å². The average Bonchev–Trinajstić information content (AvgIpc) is 2.84. The fraction of sp³-hybridized carbons (Fsp3) is 0.467. The third kappa shape index (κ3) is 2.24. The molecule has 5 heteroatoms. The molecule has 0 aromatic carbocycles. The van der Waals surface area contributed by atoms with Crippen LogP contribution < -0.4 is 5.32 Å². The number of aromatic nitrogens is 3. The summed E-state index contributed by atoms with van der Waals surface area (Å²) in [6.07, 6.45) is 7.02. The first-order valence-corrected chi connectivity index (χ1v) is 7.98. The van der Waals surface area contributed by atoms with Crippen molar-refractivity contribution in [3.05, 3.63) is 29.0 Å². The van der Waals surface area contributed by atoms with Crippen LogP contribution in [0.4, 0.5) is 5.82 Å². The minimum atomic E-state index is 0.470. The second kappa shape index (κ2) is 5.56. The normalized spacial score (nSPS) is 21.4. The highest BCUT2D eigenvalue weighted by molar-refractivity contribution is 9.10. The second-order valence-electron chi connectivity index (χ2n) is 5.24. The second-order valence-corrected chi connectivity index (χ2v) is 6.04. The van der Waals surface area contributed by atoms with Crippen LogP contribution >= 0.6 is 15.9 Å². The lowest BCUT2D eigenvalue weighted by Crippen LogP contribution is -2.31. The maximum Gasteiger partial charge on any atom is 0.139 e. The van der Waals surface area contributed by atoms with E-state index in [2.05, 4.69) is 44.8 Å². The highest BCUT2D eigenvalue weighted by Gasteiger charge is 2.29. The summed E-state index contributed by atoms with van der Waals surface area (Å²) in [5.41, 5.74) is 2.02. The Morgan fingerprint density at radius 3 is 2.90 bits per heavy atom. The topological polar surface area (TPSA) is 42.7 Å². The molecular weight excluding hydrogens is 316 g/mol. The molecule has 0 bridgehead atoms. The molecule has 0 fully saturated rings. The summed E-state index contributed by atoms with van der Waals surface area (Å²) in [5.74, 6) is 1.11. The maximum atomic E-state index is 4.81. The quantitative estimate of drug-likeness (QED) is 0.912. The smallest absolute Gasteiger partial charge is 0.139 e. The molecule has 0 aliphatic carbocycles. The lowest BCUT2D eigenvalue weighted by atomic mass is 10.0. The molecule has 2 atom stereocenters. The highest BCUT2D eigenvalue weighted by Crippen LogP contribution is 2.40. The molecule has 1 aliphatic heterocycles. The number of fused-ring (bicyclic) bond motifs is 1. The van der Waals surface area contributed by atoms with Gasteiger partial charge >= 0.3 is 0 Å². The van der Waals surface area contributed by atoms with Crippen molar-refractivity contribution >= 4 is 21.7 Å². The molecule has 0 spiro atoms. The van der Waals surface area contributed by atoms with Crippen LogP contribution in [-0.4, -0.2) is 20.8 Å². The zero-order valence-corrected chi connectivity index (χ0v) is 13.4. The number of nitrogens with zero attached hydrogens (tertiary/aromatic N) is 3. The van der Waals surface area contributed by atoms with Gasteiger partial charge in [-0.15, -0.1) is 0 Å². The van der Waals surface area contributed by atoms with Crippen LogP contribution in [0, 0.1) is 0 Å². The molecule has 2 unspecified atom stereocenters. The van der Waals surface area contributed by atoms with Gasteiger partial charge in [0.15, 0.2) is 0 Å². The van der Waals surface area contributed by atoms with Crippen LogP contribution in [0.25, 0.3) is 11.3 Å². The number of rotatable bonds is 3. The largest absolute Gasteiger partial charge is 0.367 e. The molecule has 1 N–H and O–H groups in total. The number of hydrogen-bond acceptors (Lipinski definition) is 3. The molecule has 1 aliphatic rings. The number of pyridine rings is 1. The fourth-order valence-corrected chi connectivity index (χ4v) is 3.39. The van der Waals surface area contributed by atoms with E-state index in [1.807, 2.05) is 18.3 Å². The summed E-state index contributed by atoms with van der Waals surface area (Å²) in [6, 6.07) is 4.99. The summed E-state index contributed by atoms with van der Waals surface area (Å²) in [7, 11) is 0. The fourth-order valence-electron chi connectivity index (χ4n) is 2.78. The Labute approximate surface area is 127 Å². The van der Waals surface area contributed by atoms with Crippen LogP contribution in [-0.2, 0) is 0 Å².